The Hall–Kier alpha value is -0.730. The summed E-state index contributed by atoms with van der Waals surface area (Å²) in [6.07, 6.45) is 1.06. The molecule has 94 valence electrons. The van der Waals surface area contributed by atoms with Gasteiger partial charge in [0, 0.05) is 18.6 Å². The van der Waals surface area contributed by atoms with E-state index in [-0.39, 0.29) is 23.5 Å². The van der Waals surface area contributed by atoms with E-state index in [2.05, 4.69) is 46.9 Å². The van der Waals surface area contributed by atoms with Gasteiger partial charge in [-0.3, -0.25) is 0 Å². The number of nitrogens with zero attached hydrogens (tertiary/aromatic N) is 1. The SMILES string of the molecule is CC1CC(C)(C(C)C)CN(C(C)C)C(=O)N1. The maximum Gasteiger partial charge on any atom is 0.317 e. The molecule has 1 N–H and O–H groups in total. The highest BCUT2D eigenvalue weighted by atomic mass is 16.2. The lowest BCUT2D eigenvalue weighted by Gasteiger charge is -2.37. The van der Waals surface area contributed by atoms with Crippen LogP contribution >= 0.6 is 0 Å². The van der Waals surface area contributed by atoms with Crippen molar-refractivity contribution in [3.8, 4) is 0 Å². The summed E-state index contributed by atoms with van der Waals surface area (Å²) in [4.78, 5) is 14.0. The average Bonchev–Trinajstić information content (AvgIpc) is 2.23. The summed E-state index contributed by atoms with van der Waals surface area (Å²) in [5.41, 5.74) is 0.211. The zero-order valence-corrected chi connectivity index (χ0v) is 11.5. The van der Waals surface area contributed by atoms with E-state index in [9.17, 15) is 4.79 Å². The monoisotopic (exact) mass is 226 g/mol. The van der Waals surface area contributed by atoms with Crippen molar-refractivity contribution in [3.05, 3.63) is 0 Å². The second-order valence-corrected chi connectivity index (χ2v) is 6.09. The Labute approximate surface area is 99.6 Å². The van der Waals surface area contributed by atoms with Crippen molar-refractivity contribution in [2.75, 3.05) is 6.54 Å². The molecule has 1 saturated heterocycles. The van der Waals surface area contributed by atoms with Crippen molar-refractivity contribution in [3.63, 3.8) is 0 Å². The Morgan fingerprint density at radius 2 is 1.94 bits per heavy atom. The van der Waals surface area contributed by atoms with Gasteiger partial charge in [-0.2, -0.15) is 0 Å². The van der Waals surface area contributed by atoms with Crippen LogP contribution in [0.4, 0.5) is 4.79 Å². The first kappa shape index (κ1) is 13.3. The molecule has 0 spiro atoms. The van der Waals surface area contributed by atoms with Crippen molar-refractivity contribution >= 4 is 6.03 Å². The Balaban J connectivity index is 2.94. The van der Waals surface area contributed by atoms with Gasteiger partial charge in [0.1, 0.15) is 0 Å². The minimum Gasteiger partial charge on any atom is -0.336 e. The van der Waals surface area contributed by atoms with Crippen molar-refractivity contribution in [2.45, 2.75) is 60.0 Å². The number of hydrogen-bond donors (Lipinski definition) is 1. The summed E-state index contributed by atoms with van der Waals surface area (Å²) in [5.74, 6) is 0.587. The Morgan fingerprint density at radius 3 is 2.38 bits per heavy atom. The first-order chi connectivity index (χ1) is 7.26. The molecule has 0 aromatic rings. The molecule has 3 heteroatoms. The second-order valence-electron chi connectivity index (χ2n) is 6.09. The van der Waals surface area contributed by atoms with Gasteiger partial charge in [-0.25, -0.2) is 4.79 Å². The van der Waals surface area contributed by atoms with Crippen molar-refractivity contribution in [2.24, 2.45) is 11.3 Å². The lowest BCUT2D eigenvalue weighted by atomic mass is 9.74. The van der Waals surface area contributed by atoms with Crippen LogP contribution in [-0.2, 0) is 0 Å². The molecule has 2 amide bonds. The van der Waals surface area contributed by atoms with Crippen LogP contribution in [0.5, 0.6) is 0 Å². The molecule has 1 fully saturated rings. The molecule has 3 nitrogen and oxygen atoms in total. The molecule has 0 saturated carbocycles. The van der Waals surface area contributed by atoms with Crippen molar-refractivity contribution in [1.29, 1.82) is 0 Å². The van der Waals surface area contributed by atoms with Crippen molar-refractivity contribution < 1.29 is 4.79 Å². The third-order valence-corrected chi connectivity index (χ3v) is 3.95. The quantitative estimate of drug-likeness (QED) is 0.771. The lowest BCUT2D eigenvalue weighted by molar-refractivity contribution is 0.119. The number of rotatable bonds is 2. The summed E-state index contributed by atoms with van der Waals surface area (Å²) in [7, 11) is 0. The van der Waals surface area contributed by atoms with Gasteiger partial charge in [-0.05, 0) is 38.5 Å². The molecule has 0 aromatic carbocycles. The molecule has 0 aromatic heterocycles. The maximum absolute atomic E-state index is 12.0. The fourth-order valence-corrected chi connectivity index (χ4v) is 2.41. The fraction of sp³-hybridized carbons (Fsp3) is 0.923. The molecule has 16 heavy (non-hydrogen) atoms. The van der Waals surface area contributed by atoms with Crippen LogP contribution in [0.2, 0.25) is 0 Å². The molecule has 0 bridgehead atoms. The molecular weight excluding hydrogens is 200 g/mol. The fourth-order valence-electron chi connectivity index (χ4n) is 2.41. The standard InChI is InChI=1S/C13H26N2O/c1-9(2)13(6)7-11(5)14-12(16)15(8-13)10(3)4/h9-11H,7-8H2,1-6H3,(H,14,16). The first-order valence-electron chi connectivity index (χ1n) is 6.33. The third-order valence-electron chi connectivity index (χ3n) is 3.95. The van der Waals surface area contributed by atoms with Gasteiger partial charge in [-0.1, -0.05) is 20.8 Å². The van der Waals surface area contributed by atoms with Gasteiger partial charge in [0.15, 0.2) is 0 Å². The van der Waals surface area contributed by atoms with Crippen molar-refractivity contribution in [1.82, 2.24) is 10.2 Å². The largest absolute Gasteiger partial charge is 0.336 e. The number of hydrogen-bond acceptors (Lipinski definition) is 1. The zero-order valence-electron chi connectivity index (χ0n) is 11.5. The van der Waals surface area contributed by atoms with E-state index in [1.807, 2.05) is 4.90 Å². The Bertz CT molecular complexity index is 263. The van der Waals surface area contributed by atoms with E-state index in [0.717, 1.165) is 13.0 Å². The van der Waals surface area contributed by atoms with Crippen LogP contribution in [0, 0.1) is 11.3 Å². The molecular formula is C13H26N2O. The summed E-state index contributed by atoms with van der Waals surface area (Å²) in [6, 6.07) is 0.624. The molecule has 1 aliphatic heterocycles. The highest BCUT2D eigenvalue weighted by Crippen LogP contribution is 2.35. The number of nitrogens with one attached hydrogen (secondary N) is 1. The first-order valence-corrected chi connectivity index (χ1v) is 6.33. The van der Waals surface area contributed by atoms with Gasteiger partial charge in [0.25, 0.3) is 0 Å². The highest BCUT2D eigenvalue weighted by molar-refractivity contribution is 5.75. The van der Waals surface area contributed by atoms with Gasteiger partial charge in [0.2, 0.25) is 0 Å². The second kappa shape index (κ2) is 4.64. The highest BCUT2D eigenvalue weighted by Gasteiger charge is 2.38. The van der Waals surface area contributed by atoms with Gasteiger partial charge >= 0.3 is 6.03 Å². The Kier molecular flexibility index (Phi) is 3.87. The molecule has 2 atom stereocenters. The number of urea groups is 1. The van der Waals surface area contributed by atoms with Gasteiger partial charge in [0.05, 0.1) is 0 Å². The molecule has 0 aliphatic carbocycles. The van der Waals surface area contributed by atoms with E-state index in [4.69, 9.17) is 0 Å². The summed E-state index contributed by atoms with van der Waals surface area (Å²) in [6.45, 7) is 13.9. The summed E-state index contributed by atoms with van der Waals surface area (Å²) >= 11 is 0. The van der Waals surface area contributed by atoms with Crippen LogP contribution in [0.25, 0.3) is 0 Å². The number of carbonyl (C=O) groups is 1. The zero-order chi connectivity index (χ0) is 12.5. The van der Waals surface area contributed by atoms with Crippen LogP contribution in [-0.4, -0.2) is 29.6 Å². The average molecular weight is 226 g/mol. The van der Waals surface area contributed by atoms with Crippen LogP contribution in [0.15, 0.2) is 0 Å². The lowest BCUT2D eigenvalue weighted by Crippen LogP contribution is -2.46. The predicted molar refractivity (Wildman–Crippen MR) is 67.4 cm³/mol. The molecule has 2 unspecified atom stereocenters. The normalized spacial score (nSPS) is 31.9. The van der Waals surface area contributed by atoms with E-state index in [1.165, 1.54) is 0 Å². The maximum atomic E-state index is 12.0. The predicted octanol–water partition coefficient (Wildman–Crippen LogP) is 2.86. The minimum absolute atomic E-state index is 0.0897. The minimum atomic E-state index is 0.0897. The van der Waals surface area contributed by atoms with Gasteiger partial charge in [-0.15, -0.1) is 0 Å². The Morgan fingerprint density at radius 1 is 1.38 bits per heavy atom. The summed E-state index contributed by atoms with van der Waals surface area (Å²) < 4.78 is 0. The van der Waals surface area contributed by atoms with Crippen LogP contribution in [0.3, 0.4) is 0 Å². The van der Waals surface area contributed by atoms with E-state index < -0.39 is 0 Å². The number of carbonyl (C=O) groups excluding carboxylic acids is 1. The van der Waals surface area contributed by atoms with Crippen LogP contribution < -0.4 is 5.32 Å². The van der Waals surface area contributed by atoms with E-state index >= 15 is 0 Å². The smallest absolute Gasteiger partial charge is 0.317 e. The topological polar surface area (TPSA) is 32.3 Å². The summed E-state index contributed by atoms with van der Waals surface area (Å²) in [5, 5.41) is 3.07. The molecule has 1 rings (SSSR count). The third kappa shape index (κ3) is 2.69. The molecule has 1 heterocycles. The molecule has 0 radical (unpaired) electrons. The van der Waals surface area contributed by atoms with E-state index in [0.29, 0.717) is 5.92 Å². The van der Waals surface area contributed by atoms with Crippen LogP contribution in [0.1, 0.15) is 48.0 Å². The van der Waals surface area contributed by atoms with E-state index in [1.54, 1.807) is 0 Å². The number of amides is 2. The molecule has 1 aliphatic rings. The van der Waals surface area contributed by atoms with Gasteiger partial charge < -0.3 is 10.2 Å².